The van der Waals surface area contributed by atoms with Crippen LogP contribution in [-0.2, 0) is 26.5 Å². The van der Waals surface area contributed by atoms with Crippen LogP contribution in [0.5, 0.6) is 0 Å². The van der Waals surface area contributed by atoms with Gasteiger partial charge in [-0.25, -0.2) is 0 Å². The van der Waals surface area contributed by atoms with Crippen LogP contribution in [0.1, 0.15) is 0 Å². The zero-order chi connectivity index (χ0) is 0. The van der Waals surface area contributed by atoms with Crippen LogP contribution in [0.15, 0.2) is 0 Å². The van der Waals surface area contributed by atoms with Crippen molar-refractivity contribution in [2.24, 2.45) is 0 Å². The maximum absolute atomic E-state index is 0. The predicted octanol–water partition coefficient (Wildman–Crippen LogP) is -9.11. The molecule has 0 saturated heterocycles. The summed E-state index contributed by atoms with van der Waals surface area (Å²) in [6.45, 7) is 0. The predicted molar refractivity (Wildman–Crippen MR) is 0.686 cm³/mol. The molecule has 0 heterocycles. The van der Waals surface area contributed by atoms with Gasteiger partial charge in [0.05, 0.1) is 0 Å². The Morgan fingerprint density at radius 3 is 0.600 bits per heavy atom. The van der Waals surface area contributed by atoms with Gasteiger partial charge in [0.2, 0.25) is 0 Å². The van der Waals surface area contributed by atoms with Crippen LogP contribution in [0.2, 0.25) is 0 Å². The van der Waals surface area contributed by atoms with E-state index in [1.165, 1.54) is 0 Å². The summed E-state index contributed by atoms with van der Waals surface area (Å²) in [4.78, 5) is 0. The molecule has 0 fully saturated rings. The fraction of sp³-hybridized carbons (Fsp3) is 0. The van der Waals surface area contributed by atoms with Crippen molar-refractivity contribution in [1.29, 1.82) is 0 Å². The molecule has 0 unspecified atom stereocenters. The molecular weight excluding hydrogens is 218 g/mol. The molecule has 0 bridgehead atoms. The monoisotopic (exact) mass is 219 g/mol. The molecule has 33 valence electrons. The largest absolute Gasteiger partial charge is 5.00 e. The molecular formula is Cl3MoO. The van der Waals surface area contributed by atoms with Gasteiger partial charge in [-0.05, 0) is 0 Å². The minimum atomic E-state index is 0. The van der Waals surface area contributed by atoms with Crippen LogP contribution in [-0.4, -0.2) is 0 Å². The topological polar surface area (TPSA) is 28.5 Å². The van der Waals surface area contributed by atoms with Crippen molar-refractivity contribution in [2.75, 3.05) is 0 Å². The fourth-order valence-electron chi connectivity index (χ4n) is 0. The number of hydrogen-bond donors (Lipinski definition) is 0. The molecule has 0 N–H and O–H groups in total. The van der Waals surface area contributed by atoms with Crippen molar-refractivity contribution in [3.05, 3.63) is 0 Å². The first-order valence-electron chi connectivity index (χ1n) is 0. The average molecular weight is 218 g/mol. The normalized spacial score (nSPS) is 0. The first kappa shape index (κ1) is 86.1. The van der Waals surface area contributed by atoms with E-state index in [1.54, 1.807) is 0 Å². The van der Waals surface area contributed by atoms with E-state index < -0.39 is 0 Å². The second kappa shape index (κ2) is 48.9. The summed E-state index contributed by atoms with van der Waals surface area (Å²) in [7, 11) is 0. The second-order valence-electron chi connectivity index (χ2n) is 0. The quantitative estimate of drug-likeness (QED) is 0.361. The molecule has 0 amide bonds. The fourth-order valence-corrected chi connectivity index (χ4v) is 0. The number of hydrogen-bond acceptors (Lipinski definition) is 0. The SMILES string of the molecule is [Cl-].[Cl-].[Cl-].[Mo+5].[O-2]. The summed E-state index contributed by atoms with van der Waals surface area (Å²) in [6.07, 6.45) is 0. The van der Waals surface area contributed by atoms with Gasteiger partial charge in [-0.2, -0.15) is 0 Å². The van der Waals surface area contributed by atoms with Crippen molar-refractivity contribution in [3.63, 3.8) is 0 Å². The first-order valence-corrected chi connectivity index (χ1v) is 0. The zero-order valence-electron chi connectivity index (χ0n) is 1.95. The minimum Gasteiger partial charge on any atom is -2.00 e. The van der Waals surface area contributed by atoms with E-state index in [2.05, 4.69) is 0 Å². The summed E-state index contributed by atoms with van der Waals surface area (Å²) in [5.74, 6) is 0. The van der Waals surface area contributed by atoms with Crippen molar-refractivity contribution in [3.8, 4) is 0 Å². The van der Waals surface area contributed by atoms with Crippen LogP contribution in [0, 0.1) is 0 Å². The standard InChI is InChI=1S/3ClH.Mo.O/h3*1H;;/q;;;+5;-2/p-3. The third kappa shape index (κ3) is 29.6. The maximum Gasteiger partial charge on any atom is 5.00 e. The van der Waals surface area contributed by atoms with E-state index in [9.17, 15) is 0 Å². The Bertz CT molecular complexity index is 6.85. The Kier molecular flexibility index (Phi) is 842. The molecule has 0 saturated carbocycles. The molecule has 0 aromatic heterocycles. The summed E-state index contributed by atoms with van der Waals surface area (Å²) in [6, 6.07) is 0. The van der Waals surface area contributed by atoms with Crippen LogP contribution in [0.25, 0.3) is 0 Å². The van der Waals surface area contributed by atoms with Crippen LogP contribution >= 0.6 is 0 Å². The summed E-state index contributed by atoms with van der Waals surface area (Å²) in [5.41, 5.74) is 0. The van der Waals surface area contributed by atoms with E-state index in [0.717, 1.165) is 0 Å². The van der Waals surface area contributed by atoms with Gasteiger partial charge in [-0.15, -0.1) is 0 Å². The molecule has 0 aliphatic rings. The molecule has 0 aromatic carbocycles. The van der Waals surface area contributed by atoms with E-state index in [1.807, 2.05) is 0 Å². The third-order valence-electron chi connectivity index (χ3n) is 0. The van der Waals surface area contributed by atoms with Gasteiger partial charge < -0.3 is 42.7 Å². The molecule has 0 aliphatic heterocycles. The van der Waals surface area contributed by atoms with Crippen molar-refractivity contribution < 1.29 is 63.8 Å². The molecule has 0 atom stereocenters. The molecule has 1 radical (unpaired) electrons. The molecule has 1 nitrogen and oxygen atoms in total. The smallest absolute Gasteiger partial charge is 2.00 e. The van der Waals surface area contributed by atoms with Crippen LogP contribution in [0.4, 0.5) is 0 Å². The van der Waals surface area contributed by atoms with Crippen LogP contribution < -0.4 is 37.2 Å². The summed E-state index contributed by atoms with van der Waals surface area (Å²) in [5, 5.41) is 0. The third-order valence-corrected chi connectivity index (χ3v) is 0. The first-order chi connectivity index (χ1) is 0. The van der Waals surface area contributed by atoms with Gasteiger partial charge >= 0.3 is 21.1 Å². The van der Waals surface area contributed by atoms with Gasteiger partial charge in [0, 0.05) is 0 Å². The van der Waals surface area contributed by atoms with Crippen molar-refractivity contribution >= 4 is 0 Å². The molecule has 0 spiro atoms. The maximum atomic E-state index is 0. The van der Waals surface area contributed by atoms with E-state index in [4.69, 9.17) is 0 Å². The Labute approximate surface area is 63.7 Å². The van der Waals surface area contributed by atoms with Crippen LogP contribution in [0.3, 0.4) is 0 Å². The molecule has 0 aliphatic carbocycles. The van der Waals surface area contributed by atoms with E-state index in [0.29, 0.717) is 0 Å². The zero-order valence-corrected chi connectivity index (χ0v) is 6.23. The Morgan fingerprint density at radius 2 is 0.600 bits per heavy atom. The van der Waals surface area contributed by atoms with Gasteiger partial charge in [-0.1, -0.05) is 0 Å². The van der Waals surface area contributed by atoms with Crippen molar-refractivity contribution in [2.45, 2.75) is 0 Å². The van der Waals surface area contributed by atoms with Gasteiger partial charge in [0.15, 0.2) is 0 Å². The number of rotatable bonds is 0. The van der Waals surface area contributed by atoms with E-state index >= 15 is 0 Å². The van der Waals surface area contributed by atoms with Gasteiger partial charge in [-0.3, -0.25) is 0 Å². The molecule has 5 heavy (non-hydrogen) atoms. The average Bonchev–Trinajstić information content (AvgIpc) is 0. The van der Waals surface area contributed by atoms with Gasteiger partial charge in [0.25, 0.3) is 0 Å². The van der Waals surface area contributed by atoms with E-state index in [-0.39, 0.29) is 63.8 Å². The molecule has 0 aromatic rings. The minimum absolute atomic E-state index is 0. The molecule has 5 heteroatoms. The Hall–Kier alpha value is 1.52. The second-order valence-corrected chi connectivity index (χ2v) is 0. The number of halogens is 3. The van der Waals surface area contributed by atoms with Crippen molar-refractivity contribution in [1.82, 2.24) is 0 Å². The van der Waals surface area contributed by atoms with Gasteiger partial charge in [0.1, 0.15) is 0 Å². The Balaban J connectivity index is 0. The summed E-state index contributed by atoms with van der Waals surface area (Å²) >= 11 is 0. The summed E-state index contributed by atoms with van der Waals surface area (Å²) < 4.78 is 0. The Morgan fingerprint density at radius 1 is 0.600 bits per heavy atom. The molecule has 0 rings (SSSR count).